The van der Waals surface area contributed by atoms with Gasteiger partial charge in [0.05, 0.1) is 12.7 Å². The Hall–Kier alpha value is -0.300. The van der Waals surface area contributed by atoms with Gasteiger partial charge in [0.2, 0.25) is 0 Å². The third-order valence-corrected chi connectivity index (χ3v) is 1.58. The second kappa shape index (κ2) is 3.77. The van der Waals surface area contributed by atoms with Crippen LogP contribution in [0.2, 0.25) is 0 Å². The molecule has 0 spiro atoms. The molecule has 4 heteroatoms. The van der Waals surface area contributed by atoms with E-state index in [0.29, 0.717) is 6.61 Å². The summed E-state index contributed by atoms with van der Waals surface area (Å²) in [6, 6.07) is 2.23. The van der Waals surface area contributed by atoms with E-state index in [2.05, 4.69) is 11.4 Å². The van der Waals surface area contributed by atoms with E-state index >= 15 is 0 Å². The molecular formula is C6H11ClN2O. The fourth-order valence-corrected chi connectivity index (χ4v) is 0.916. The minimum absolute atomic E-state index is 0. The molecule has 1 aliphatic heterocycles. The summed E-state index contributed by atoms with van der Waals surface area (Å²) in [6.45, 7) is 2.10. The molecule has 58 valence electrons. The van der Waals surface area contributed by atoms with Crippen molar-refractivity contribution in [3.63, 3.8) is 0 Å². The lowest BCUT2D eigenvalue weighted by atomic mass is 9.85. The number of hydrogen-bond donors (Lipinski definition) is 1. The molecule has 1 aliphatic rings. The van der Waals surface area contributed by atoms with Crippen molar-refractivity contribution in [2.75, 3.05) is 26.8 Å². The highest BCUT2D eigenvalue weighted by atomic mass is 35.5. The van der Waals surface area contributed by atoms with Crippen LogP contribution in [0.25, 0.3) is 0 Å². The Morgan fingerprint density at radius 1 is 1.70 bits per heavy atom. The van der Waals surface area contributed by atoms with Crippen LogP contribution >= 0.6 is 12.4 Å². The molecule has 0 radical (unpaired) electrons. The molecule has 0 aliphatic carbocycles. The minimum Gasteiger partial charge on any atom is -0.383 e. The molecule has 1 heterocycles. The van der Waals surface area contributed by atoms with Gasteiger partial charge in [-0.2, -0.15) is 5.26 Å². The van der Waals surface area contributed by atoms with Gasteiger partial charge in [0, 0.05) is 20.2 Å². The molecule has 1 rings (SSSR count). The topological polar surface area (TPSA) is 45.0 Å². The maximum atomic E-state index is 8.60. The fraction of sp³-hybridized carbons (Fsp3) is 0.833. The number of hydrogen-bond acceptors (Lipinski definition) is 3. The van der Waals surface area contributed by atoms with Gasteiger partial charge in [0.1, 0.15) is 5.41 Å². The molecule has 10 heavy (non-hydrogen) atoms. The van der Waals surface area contributed by atoms with Gasteiger partial charge in [0.25, 0.3) is 0 Å². The standard InChI is InChI=1S/C6H10N2O.ClH/c1-9-5-6(2-7)3-8-4-6;/h8H,3-5H2,1H3;1H. The first-order valence-corrected chi connectivity index (χ1v) is 2.94. The van der Waals surface area contributed by atoms with E-state index in [4.69, 9.17) is 10.00 Å². The molecular weight excluding hydrogens is 152 g/mol. The Morgan fingerprint density at radius 2 is 2.30 bits per heavy atom. The van der Waals surface area contributed by atoms with Crippen molar-refractivity contribution >= 4 is 12.4 Å². The first kappa shape index (κ1) is 9.70. The van der Waals surface area contributed by atoms with Crippen molar-refractivity contribution in [3.05, 3.63) is 0 Å². The fourth-order valence-electron chi connectivity index (χ4n) is 0.916. The summed E-state index contributed by atoms with van der Waals surface area (Å²) in [7, 11) is 1.62. The van der Waals surface area contributed by atoms with Crippen LogP contribution in [0, 0.1) is 16.7 Å². The second-order valence-electron chi connectivity index (χ2n) is 2.43. The van der Waals surface area contributed by atoms with Crippen LogP contribution in [0.5, 0.6) is 0 Å². The van der Waals surface area contributed by atoms with Gasteiger partial charge < -0.3 is 10.1 Å². The van der Waals surface area contributed by atoms with E-state index in [-0.39, 0.29) is 17.8 Å². The zero-order chi connectivity index (χ0) is 6.74. The van der Waals surface area contributed by atoms with Crippen LogP contribution in [-0.2, 0) is 4.74 Å². The third-order valence-electron chi connectivity index (χ3n) is 1.58. The van der Waals surface area contributed by atoms with Crippen LogP contribution in [0.1, 0.15) is 0 Å². The average Bonchev–Trinajstić information content (AvgIpc) is 1.79. The van der Waals surface area contributed by atoms with E-state index in [0.717, 1.165) is 13.1 Å². The molecule has 0 saturated carbocycles. The van der Waals surface area contributed by atoms with E-state index < -0.39 is 0 Å². The molecule has 1 fully saturated rings. The average molecular weight is 163 g/mol. The van der Waals surface area contributed by atoms with Crippen molar-refractivity contribution in [1.29, 1.82) is 5.26 Å². The summed E-state index contributed by atoms with van der Waals surface area (Å²) in [5, 5.41) is 11.6. The van der Waals surface area contributed by atoms with Gasteiger partial charge in [-0.05, 0) is 0 Å². The first-order chi connectivity index (χ1) is 4.33. The molecule has 0 bridgehead atoms. The predicted octanol–water partition coefficient (Wildman–Crippen LogP) is 0.168. The molecule has 0 unspecified atom stereocenters. The molecule has 1 saturated heterocycles. The number of nitrogens with zero attached hydrogens (tertiary/aromatic N) is 1. The molecule has 0 atom stereocenters. The second-order valence-corrected chi connectivity index (χ2v) is 2.43. The van der Waals surface area contributed by atoms with Crippen molar-refractivity contribution in [3.8, 4) is 6.07 Å². The third kappa shape index (κ3) is 1.60. The van der Waals surface area contributed by atoms with Crippen LogP contribution in [0.4, 0.5) is 0 Å². The van der Waals surface area contributed by atoms with E-state index in [1.165, 1.54) is 0 Å². The van der Waals surface area contributed by atoms with Crippen LogP contribution in [0.3, 0.4) is 0 Å². The Kier molecular flexibility index (Phi) is 3.66. The highest BCUT2D eigenvalue weighted by molar-refractivity contribution is 5.85. The van der Waals surface area contributed by atoms with Gasteiger partial charge in [-0.3, -0.25) is 0 Å². The summed E-state index contributed by atoms with van der Waals surface area (Å²) >= 11 is 0. The van der Waals surface area contributed by atoms with E-state index in [1.807, 2.05) is 0 Å². The number of methoxy groups -OCH3 is 1. The smallest absolute Gasteiger partial charge is 0.105 e. The van der Waals surface area contributed by atoms with Crippen LogP contribution in [-0.4, -0.2) is 26.8 Å². The van der Waals surface area contributed by atoms with E-state index in [1.54, 1.807) is 7.11 Å². The van der Waals surface area contributed by atoms with Crippen molar-refractivity contribution in [2.24, 2.45) is 5.41 Å². The summed E-state index contributed by atoms with van der Waals surface area (Å²) in [5.41, 5.74) is -0.214. The molecule has 3 nitrogen and oxygen atoms in total. The molecule has 0 amide bonds. The molecule has 1 N–H and O–H groups in total. The number of rotatable bonds is 2. The zero-order valence-electron chi connectivity index (χ0n) is 5.89. The van der Waals surface area contributed by atoms with Crippen LogP contribution < -0.4 is 5.32 Å². The number of halogens is 1. The monoisotopic (exact) mass is 162 g/mol. The van der Waals surface area contributed by atoms with Crippen molar-refractivity contribution < 1.29 is 4.74 Å². The SMILES string of the molecule is COCC1(C#N)CNC1.Cl. The highest BCUT2D eigenvalue weighted by Crippen LogP contribution is 2.20. The number of nitriles is 1. The predicted molar refractivity (Wildman–Crippen MR) is 40.0 cm³/mol. The van der Waals surface area contributed by atoms with Crippen LogP contribution in [0.15, 0.2) is 0 Å². The van der Waals surface area contributed by atoms with Crippen molar-refractivity contribution in [2.45, 2.75) is 0 Å². The quantitative estimate of drug-likeness (QED) is 0.630. The molecule has 0 aromatic carbocycles. The largest absolute Gasteiger partial charge is 0.383 e. The van der Waals surface area contributed by atoms with E-state index in [9.17, 15) is 0 Å². The summed E-state index contributed by atoms with van der Waals surface area (Å²) in [4.78, 5) is 0. The maximum absolute atomic E-state index is 8.60. The van der Waals surface area contributed by atoms with Gasteiger partial charge in [-0.15, -0.1) is 12.4 Å². The molecule has 0 aromatic heterocycles. The summed E-state index contributed by atoms with van der Waals surface area (Å²) < 4.78 is 4.88. The Labute approximate surface area is 66.8 Å². The van der Waals surface area contributed by atoms with Gasteiger partial charge in [0.15, 0.2) is 0 Å². The normalized spacial score (nSPS) is 20.0. The minimum atomic E-state index is -0.214. The number of ether oxygens (including phenoxy) is 1. The molecule has 0 aromatic rings. The van der Waals surface area contributed by atoms with Crippen molar-refractivity contribution in [1.82, 2.24) is 5.32 Å². The zero-order valence-corrected chi connectivity index (χ0v) is 6.70. The maximum Gasteiger partial charge on any atom is 0.105 e. The lowest BCUT2D eigenvalue weighted by Gasteiger charge is -2.35. The van der Waals surface area contributed by atoms with Gasteiger partial charge in [-0.25, -0.2) is 0 Å². The summed E-state index contributed by atoms with van der Waals surface area (Å²) in [6.07, 6.45) is 0. The lowest BCUT2D eigenvalue weighted by molar-refractivity contribution is 0.0794. The lowest BCUT2D eigenvalue weighted by Crippen LogP contribution is -2.55. The summed E-state index contributed by atoms with van der Waals surface area (Å²) in [5.74, 6) is 0. The van der Waals surface area contributed by atoms with Gasteiger partial charge >= 0.3 is 0 Å². The first-order valence-electron chi connectivity index (χ1n) is 2.94. The Morgan fingerprint density at radius 3 is 2.40 bits per heavy atom. The Balaban J connectivity index is 0.000000810. The number of nitrogens with one attached hydrogen (secondary N) is 1. The highest BCUT2D eigenvalue weighted by Gasteiger charge is 2.36. The van der Waals surface area contributed by atoms with Gasteiger partial charge in [-0.1, -0.05) is 0 Å². The Bertz CT molecular complexity index is 139.